The molecule has 5 aromatic rings. The van der Waals surface area contributed by atoms with Crippen LogP contribution < -0.4 is 31.5 Å². The van der Waals surface area contributed by atoms with E-state index < -0.39 is 28.5 Å². The van der Waals surface area contributed by atoms with Crippen LogP contribution in [-0.4, -0.2) is 34.5 Å². The number of fused-ring (bicyclic) bond motifs is 1. The monoisotopic (exact) mass is 581 g/mol. The first-order valence-electron chi connectivity index (χ1n) is 13.6. The molecule has 0 saturated heterocycles. The van der Waals surface area contributed by atoms with E-state index in [0.29, 0.717) is 27.9 Å². The topological polar surface area (TPSA) is 141 Å². The maximum absolute atomic E-state index is 13.0. The van der Waals surface area contributed by atoms with Gasteiger partial charge in [-0.15, -0.1) is 5.10 Å². The number of methoxy groups -OCH3 is 1. The fourth-order valence-corrected chi connectivity index (χ4v) is 4.51. The second-order valence-corrected chi connectivity index (χ2v) is 11.0. The van der Waals surface area contributed by atoms with E-state index in [1.807, 2.05) is 31.2 Å². The zero-order chi connectivity index (χ0) is 30.9. The molecular formula is C32H31N5O6. The lowest BCUT2D eigenvalue weighted by molar-refractivity contribution is 0.0522. The van der Waals surface area contributed by atoms with Crippen LogP contribution in [0.1, 0.15) is 49.7 Å². The van der Waals surface area contributed by atoms with Crippen molar-refractivity contribution in [1.29, 1.82) is 0 Å². The molecule has 0 fully saturated rings. The molecule has 0 aliphatic heterocycles. The number of aromatic nitrogens is 2. The van der Waals surface area contributed by atoms with Crippen molar-refractivity contribution in [3.05, 3.63) is 104 Å². The number of anilines is 4. The van der Waals surface area contributed by atoms with E-state index in [0.717, 1.165) is 10.2 Å². The van der Waals surface area contributed by atoms with E-state index in [2.05, 4.69) is 21.0 Å². The number of nitrogens with one attached hydrogen (secondary N) is 3. The van der Waals surface area contributed by atoms with Crippen LogP contribution in [0.4, 0.5) is 27.7 Å². The molecule has 0 bridgehead atoms. The van der Waals surface area contributed by atoms with Crippen molar-refractivity contribution < 1.29 is 19.1 Å². The van der Waals surface area contributed by atoms with Gasteiger partial charge in [0.25, 0.3) is 16.8 Å². The molecule has 1 unspecified atom stereocenters. The maximum atomic E-state index is 13.0. The van der Waals surface area contributed by atoms with E-state index in [1.165, 1.54) is 0 Å². The third-order valence-electron chi connectivity index (χ3n) is 6.65. The van der Waals surface area contributed by atoms with Gasteiger partial charge in [-0.1, -0.05) is 30.3 Å². The minimum atomic E-state index is -0.778. The highest BCUT2D eigenvalue weighted by molar-refractivity contribution is 6.09. The van der Waals surface area contributed by atoms with Crippen molar-refractivity contribution in [2.24, 2.45) is 0 Å². The smallest absolute Gasteiger partial charge is 0.435 e. The summed E-state index contributed by atoms with van der Waals surface area (Å²) in [5.74, 6) is 0.369. The summed E-state index contributed by atoms with van der Waals surface area (Å²) in [5, 5.41) is 13.7. The third-order valence-corrected chi connectivity index (χ3v) is 6.65. The molecule has 1 heterocycles. The molecule has 0 radical (unpaired) electrons. The van der Waals surface area contributed by atoms with Crippen molar-refractivity contribution in [1.82, 2.24) is 9.78 Å². The first kappa shape index (κ1) is 29.1. The number of carbonyl (C=O) groups excluding carboxylic acids is 2. The Kier molecular flexibility index (Phi) is 7.73. The van der Waals surface area contributed by atoms with Gasteiger partial charge in [-0.2, -0.15) is 4.68 Å². The van der Waals surface area contributed by atoms with Crippen molar-refractivity contribution in [3.8, 4) is 5.75 Å². The number of amides is 1. The minimum absolute atomic E-state index is 0.105. The summed E-state index contributed by atoms with van der Waals surface area (Å²) in [7, 11) is 1.57. The summed E-state index contributed by atoms with van der Waals surface area (Å²) >= 11 is 0. The Bertz CT molecular complexity index is 1900. The first-order valence-corrected chi connectivity index (χ1v) is 13.6. The molecule has 220 valence electrons. The second kappa shape index (κ2) is 11.4. The number of ether oxygens (including phenoxy) is 2. The zero-order valence-electron chi connectivity index (χ0n) is 24.3. The standard InChI is InChI=1S/C32H31N5O6/c1-18(20-12-9-13-22(16-20)42-5)33-25-26(28(39)27(25)38)34-21-14-15-24-23(17-21)29(35-30(40)19-10-7-6-8-11-19)36-37(24)31(41)43-32(2,3)4/h6-18,33-34H,1-5H3,(H,35,36,40). The lowest BCUT2D eigenvalue weighted by Gasteiger charge is -2.20. The molecule has 5 rings (SSSR count). The number of hydrogen-bond donors (Lipinski definition) is 3. The Balaban J connectivity index is 1.47. The Morgan fingerprint density at radius 2 is 1.63 bits per heavy atom. The minimum Gasteiger partial charge on any atom is -0.497 e. The average molecular weight is 582 g/mol. The molecule has 1 aromatic heterocycles. The molecule has 11 heteroatoms. The van der Waals surface area contributed by atoms with Gasteiger partial charge in [0.2, 0.25) is 0 Å². The molecule has 0 aliphatic carbocycles. The van der Waals surface area contributed by atoms with Gasteiger partial charge in [0, 0.05) is 22.7 Å². The van der Waals surface area contributed by atoms with Crippen molar-refractivity contribution in [2.45, 2.75) is 39.3 Å². The van der Waals surface area contributed by atoms with Crippen LogP contribution in [0, 0.1) is 0 Å². The second-order valence-electron chi connectivity index (χ2n) is 11.0. The Morgan fingerprint density at radius 3 is 2.33 bits per heavy atom. The Labute approximate surface area is 247 Å². The van der Waals surface area contributed by atoms with E-state index in [4.69, 9.17) is 9.47 Å². The highest BCUT2D eigenvalue weighted by Crippen LogP contribution is 2.31. The maximum Gasteiger partial charge on any atom is 0.435 e. The lowest BCUT2D eigenvalue weighted by atomic mass is 10.1. The van der Waals surface area contributed by atoms with E-state index in [1.54, 1.807) is 76.4 Å². The Hall–Kier alpha value is -5.45. The first-order chi connectivity index (χ1) is 20.4. The van der Waals surface area contributed by atoms with Gasteiger partial charge in [-0.25, -0.2) is 4.79 Å². The number of benzene rings is 3. The Morgan fingerprint density at radius 1 is 0.907 bits per heavy atom. The quantitative estimate of drug-likeness (QED) is 0.200. The predicted octanol–water partition coefficient (Wildman–Crippen LogP) is 5.59. The predicted molar refractivity (Wildman–Crippen MR) is 165 cm³/mol. The van der Waals surface area contributed by atoms with Crippen LogP contribution >= 0.6 is 0 Å². The molecule has 1 atom stereocenters. The van der Waals surface area contributed by atoms with Crippen molar-refractivity contribution in [3.63, 3.8) is 0 Å². The molecular weight excluding hydrogens is 550 g/mol. The summed E-state index contributed by atoms with van der Waals surface area (Å²) in [6.45, 7) is 7.08. The summed E-state index contributed by atoms with van der Waals surface area (Å²) in [4.78, 5) is 51.1. The summed E-state index contributed by atoms with van der Waals surface area (Å²) in [6, 6.07) is 20.6. The van der Waals surface area contributed by atoms with Gasteiger partial charge in [-0.05, 0) is 75.7 Å². The number of hydrogen-bond acceptors (Lipinski definition) is 9. The zero-order valence-corrected chi connectivity index (χ0v) is 24.3. The molecule has 3 N–H and O–H groups in total. The van der Waals surface area contributed by atoms with Gasteiger partial charge in [0.1, 0.15) is 22.7 Å². The summed E-state index contributed by atoms with van der Waals surface area (Å²) < 4.78 is 11.9. The normalized spacial score (nSPS) is 12.1. The van der Waals surface area contributed by atoms with Gasteiger partial charge in [0.15, 0.2) is 5.82 Å². The van der Waals surface area contributed by atoms with Crippen LogP contribution in [0.2, 0.25) is 0 Å². The van der Waals surface area contributed by atoms with Gasteiger partial charge >= 0.3 is 6.09 Å². The molecule has 1 amide bonds. The van der Waals surface area contributed by atoms with Crippen molar-refractivity contribution in [2.75, 3.05) is 23.1 Å². The number of rotatable bonds is 8. The number of nitrogens with zero attached hydrogens (tertiary/aromatic N) is 2. The van der Waals surface area contributed by atoms with Crippen LogP contribution in [-0.2, 0) is 4.74 Å². The molecule has 43 heavy (non-hydrogen) atoms. The highest BCUT2D eigenvalue weighted by atomic mass is 16.6. The molecule has 11 nitrogen and oxygen atoms in total. The average Bonchev–Trinajstić information content (AvgIpc) is 3.35. The molecule has 0 spiro atoms. The molecule has 0 aliphatic rings. The lowest BCUT2D eigenvalue weighted by Crippen LogP contribution is -2.37. The van der Waals surface area contributed by atoms with Crippen LogP contribution in [0.5, 0.6) is 5.75 Å². The van der Waals surface area contributed by atoms with Crippen molar-refractivity contribution >= 4 is 45.8 Å². The molecule has 0 saturated carbocycles. The van der Waals surface area contributed by atoms with Crippen LogP contribution in [0.3, 0.4) is 0 Å². The summed E-state index contributed by atoms with van der Waals surface area (Å²) in [6.07, 6.45) is -0.723. The fourth-order valence-electron chi connectivity index (χ4n) is 4.51. The van der Waals surface area contributed by atoms with Crippen LogP contribution in [0.25, 0.3) is 10.9 Å². The molecule has 4 aromatic carbocycles. The van der Waals surface area contributed by atoms with E-state index >= 15 is 0 Å². The third kappa shape index (κ3) is 6.10. The van der Waals surface area contributed by atoms with Gasteiger partial charge in [0.05, 0.1) is 12.6 Å². The van der Waals surface area contributed by atoms with Crippen LogP contribution in [0.15, 0.2) is 82.4 Å². The largest absolute Gasteiger partial charge is 0.497 e. The SMILES string of the molecule is COc1cccc(C(C)Nc2c(Nc3ccc4c(c3)c(NC(=O)c3ccccc3)nn4C(=O)OC(C)(C)C)c(=O)c2=O)c1. The van der Waals surface area contributed by atoms with E-state index in [9.17, 15) is 19.2 Å². The van der Waals surface area contributed by atoms with Gasteiger partial charge < -0.3 is 25.4 Å². The summed E-state index contributed by atoms with van der Waals surface area (Å²) in [5.41, 5.74) is 0.271. The van der Waals surface area contributed by atoms with Gasteiger partial charge in [-0.3, -0.25) is 14.4 Å². The van der Waals surface area contributed by atoms with E-state index in [-0.39, 0.29) is 23.2 Å². The number of carbonyl (C=O) groups is 2. The fraction of sp³-hybridized carbons (Fsp3) is 0.219. The highest BCUT2D eigenvalue weighted by Gasteiger charge is 2.26.